The van der Waals surface area contributed by atoms with E-state index in [1.807, 2.05) is 20.8 Å². The van der Waals surface area contributed by atoms with Gasteiger partial charge in [0.05, 0.1) is 0 Å². The molecule has 0 spiro atoms. The zero-order valence-electron chi connectivity index (χ0n) is 12.1. The Balaban J connectivity index is 2.70. The van der Waals surface area contributed by atoms with E-state index in [0.717, 1.165) is 0 Å². The Labute approximate surface area is 122 Å². The molecule has 0 unspecified atom stereocenters. The number of hydrogen-bond donors (Lipinski definition) is 2. The molecule has 0 heterocycles. The summed E-state index contributed by atoms with van der Waals surface area (Å²) in [6.45, 7) is 5.67. The first-order valence-corrected chi connectivity index (χ1v) is 6.57. The third-order valence-electron chi connectivity index (χ3n) is 3.33. The molecule has 0 atom stereocenters. The average Bonchev–Trinajstić information content (AvgIpc) is 2.38. The summed E-state index contributed by atoms with van der Waals surface area (Å²) in [6, 6.07) is 8.95. The number of benzene rings is 2. The van der Waals surface area contributed by atoms with Gasteiger partial charge in [0.1, 0.15) is 17.1 Å². The fourth-order valence-corrected chi connectivity index (χ4v) is 2.18. The minimum atomic E-state index is -1.19. The molecule has 4 heteroatoms. The second kappa shape index (κ2) is 5.20. The molecule has 3 nitrogen and oxygen atoms in total. The van der Waals surface area contributed by atoms with Crippen LogP contribution >= 0.6 is 0 Å². The van der Waals surface area contributed by atoms with Crippen LogP contribution < -0.4 is 0 Å². The van der Waals surface area contributed by atoms with Crippen molar-refractivity contribution in [3.63, 3.8) is 0 Å². The van der Waals surface area contributed by atoms with E-state index in [-0.39, 0.29) is 17.1 Å². The predicted octanol–water partition coefficient (Wildman–Crippen LogP) is 4.19. The number of aromatic hydroxyl groups is 1. The van der Waals surface area contributed by atoms with Crippen molar-refractivity contribution in [1.29, 1.82) is 0 Å². The van der Waals surface area contributed by atoms with Gasteiger partial charge in [-0.05, 0) is 40.8 Å². The van der Waals surface area contributed by atoms with Crippen LogP contribution in [0.3, 0.4) is 0 Å². The molecule has 0 amide bonds. The van der Waals surface area contributed by atoms with Crippen molar-refractivity contribution < 1.29 is 19.4 Å². The quantitative estimate of drug-likeness (QED) is 0.871. The van der Waals surface area contributed by atoms with E-state index in [0.29, 0.717) is 16.7 Å². The summed E-state index contributed by atoms with van der Waals surface area (Å²) in [5, 5.41) is 19.4. The van der Waals surface area contributed by atoms with Gasteiger partial charge in [-0.25, -0.2) is 9.18 Å². The molecular formula is C17H17FO3. The van der Waals surface area contributed by atoms with Crippen LogP contribution in [0, 0.1) is 5.82 Å². The molecule has 2 aromatic rings. The standard InChI is InChI=1S/C17H17FO3/c1-17(2,3)14-9-11(8-13(15(14)19)16(20)21)10-4-6-12(18)7-5-10/h4-9,19H,1-3H3,(H,20,21). The fourth-order valence-electron chi connectivity index (χ4n) is 2.18. The van der Waals surface area contributed by atoms with Gasteiger partial charge in [0.25, 0.3) is 0 Å². The highest BCUT2D eigenvalue weighted by Gasteiger charge is 2.24. The monoisotopic (exact) mass is 288 g/mol. The van der Waals surface area contributed by atoms with Gasteiger partial charge in [-0.1, -0.05) is 32.9 Å². The van der Waals surface area contributed by atoms with E-state index in [1.165, 1.54) is 18.2 Å². The van der Waals surface area contributed by atoms with Crippen molar-refractivity contribution in [2.24, 2.45) is 0 Å². The molecule has 0 bridgehead atoms. The molecule has 2 aromatic carbocycles. The first kappa shape index (κ1) is 15.0. The van der Waals surface area contributed by atoms with Gasteiger partial charge in [-0.2, -0.15) is 0 Å². The van der Waals surface area contributed by atoms with Crippen LogP contribution in [0.15, 0.2) is 36.4 Å². The number of aromatic carboxylic acids is 1. The molecular weight excluding hydrogens is 271 g/mol. The molecule has 0 aliphatic carbocycles. The highest BCUT2D eigenvalue weighted by Crippen LogP contribution is 2.37. The third kappa shape index (κ3) is 3.05. The average molecular weight is 288 g/mol. The summed E-state index contributed by atoms with van der Waals surface area (Å²) >= 11 is 0. The summed E-state index contributed by atoms with van der Waals surface area (Å²) in [7, 11) is 0. The van der Waals surface area contributed by atoms with Gasteiger partial charge in [0, 0.05) is 5.56 Å². The molecule has 0 radical (unpaired) electrons. The van der Waals surface area contributed by atoms with Crippen LogP contribution in [0.2, 0.25) is 0 Å². The lowest BCUT2D eigenvalue weighted by Crippen LogP contribution is -2.13. The predicted molar refractivity (Wildman–Crippen MR) is 79.2 cm³/mol. The molecule has 2 N–H and O–H groups in total. The molecule has 0 aromatic heterocycles. The number of carboxylic acids is 1. The second-order valence-electron chi connectivity index (χ2n) is 5.98. The highest BCUT2D eigenvalue weighted by molar-refractivity contribution is 5.93. The Morgan fingerprint density at radius 3 is 2.10 bits per heavy atom. The van der Waals surface area contributed by atoms with Crippen LogP contribution in [0.4, 0.5) is 4.39 Å². The zero-order chi connectivity index (χ0) is 15.8. The maximum atomic E-state index is 13.0. The van der Waals surface area contributed by atoms with E-state index in [4.69, 9.17) is 0 Å². The normalized spacial score (nSPS) is 11.4. The lowest BCUT2D eigenvalue weighted by molar-refractivity contribution is 0.0693. The van der Waals surface area contributed by atoms with Gasteiger partial charge in [0.15, 0.2) is 0 Å². The largest absolute Gasteiger partial charge is 0.507 e. The topological polar surface area (TPSA) is 57.5 Å². The Morgan fingerprint density at radius 2 is 1.62 bits per heavy atom. The zero-order valence-corrected chi connectivity index (χ0v) is 12.1. The Morgan fingerprint density at radius 1 is 1.05 bits per heavy atom. The molecule has 0 fully saturated rings. The third-order valence-corrected chi connectivity index (χ3v) is 3.33. The molecule has 110 valence electrons. The van der Waals surface area contributed by atoms with E-state index < -0.39 is 11.4 Å². The van der Waals surface area contributed by atoms with Crippen molar-refractivity contribution in [3.05, 3.63) is 53.3 Å². The van der Waals surface area contributed by atoms with Gasteiger partial charge >= 0.3 is 5.97 Å². The first-order chi connectivity index (χ1) is 9.70. The van der Waals surface area contributed by atoms with E-state index in [2.05, 4.69) is 0 Å². The molecule has 0 saturated carbocycles. The van der Waals surface area contributed by atoms with Crippen LogP contribution in [0.25, 0.3) is 11.1 Å². The first-order valence-electron chi connectivity index (χ1n) is 6.57. The number of halogens is 1. The Kier molecular flexibility index (Phi) is 3.73. The van der Waals surface area contributed by atoms with Crippen molar-refractivity contribution >= 4 is 5.97 Å². The highest BCUT2D eigenvalue weighted by atomic mass is 19.1. The summed E-state index contributed by atoms with van der Waals surface area (Å²) in [5.41, 5.74) is 1.31. The molecule has 0 saturated heterocycles. The summed E-state index contributed by atoms with van der Waals surface area (Å²) < 4.78 is 13.0. The minimum absolute atomic E-state index is 0.151. The number of rotatable bonds is 2. The van der Waals surface area contributed by atoms with Gasteiger partial charge in [0.2, 0.25) is 0 Å². The summed E-state index contributed by atoms with van der Waals surface area (Å²) in [6.07, 6.45) is 0. The Bertz CT molecular complexity index is 682. The summed E-state index contributed by atoms with van der Waals surface area (Å²) in [5.74, 6) is -1.77. The van der Waals surface area contributed by atoms with Crippen LogP contribution in [-0.4, -0.2) is 16.2 Å². The number of carboxylic acid groups (broad SMARTS) is 1. The van der Waals surface area contributed by atoms with Crippen LogP contribution in [0.5, 0.6) is 5.75 Å². The molecule has 21 heavy (non-hydrogen) atoms. The van der Waals surface area contributed by atoms with Gasteiger partial charge in [-0.3, -0.25) is 0 Å². The van der Waals surface area contributed by atoms with E-state index in [9.17, 15) is 19.4 Å². The van der Waals surface area contributed by atoms with Crippen LogP contribution in [0.1, 0.15) is 36.7 Å². The fraction of sp³-hybridized carbons (Fsp3) is 0.235. The smallest absolute Gasteiger partial charge is 0.339 e. The van der Waals surface area contributed by atoms with Crippen molar-refractivity contribution in [2.75, 3.05) is 0 Å². The number of carbonyl (C=O) groups is 1. The van der Waals surface area contributed by atoms with Crippen molar-refractivity contribution in [2.45, 2.75) is 26.2 Å². The molecule has 2 rings (SSSR count). The second-order valence-corrected chi connectivity index (χ2v) is 5.98. The van der Waals surface area contributed by atoms with Crippen molar-refractivity contribution in [3.8, 4) is 16.9 Å². The SMILES string of the molecule is CC(C)(C)c1cc(-c2ccc(F)cc2)cc(C(=O)O)c1O. The van der Waals surface area contributed by atoms with Gasteiger partial charge < -0.3 is 10.2 Å². The van der Waals surface area contributed by atoms with Crippen molar-refractivity contribution in [1.82, 2.24) is 0 Å². The Hall–Kier alpha value is -2.36. The molecule has 0 aliphatic heterocycles. The minimum Gasteiger partial charge on any atom is -0.507 e. The lowest BCUT2D eigenvalue weighted by Gasteiger charge is -2.22. The lowest BCUT2D eigenvalue weighted by atomic mass is 9.83. The van der Waals surface area contributed by atoms with Crippen LogP contribution in [-0.2, 0) is 5.41 Å². The number of phenols is 1. The molecule has 0 aliphatic rings. The maximum absolute atomic E-state index is 13.0. The van der Waals surface area contributed by atoms with Gasteiger partial charge in [-0.15, -0.1) is 0 Å². The maximum Gasteiger partial charge on any atom is 0.339 e. The van der Waals surface area contributed by atoms with E-state index >= 15 is 0 Å². The summed E-state index contributed by atoms with van der Waals surface area (Å²) in [4.78, 5) is 11.3. The number of hydrogen-bond acceptors (Lipinski definition) is 2. The van der Waals surface area contributed by atoms with E-state index in [1.54, 1.807) is 18.2 Å².